The van der Waals surface area contributed by atoms with E-state index in [4.69, 9.17) is 21.9 Å². The number of aliphatic imine (C=N–C) groups is 1. The minimum absolute atomic E-state index is 0.0647. The van der Waals surface area contributed by atoms with Gasteiger partial charge in [0.25, 0.3) is 0 Å². The van der Waals surface area contributed by atoms with Crippen molar-refractivity contribution in [2.24, 2.45) is 16.5 Å². The fourth-order valence-electron chi connectivity index (χ4n) is 0.573. The van der Waals surface area contributed by atoms with Gasteiger partial charge in [-0.25, -0.2) is 0 Å². The van der Waals surface area contributed by atoms with Gasteiger partial charge < -0.3 is 11.5 Å². The van der Waals surface area contributed by atoms with E-state index in [-0.39, 0.29) is 17.7 Å². The minimum Gasteiger partial charge on any atom is -0.370 e. The Bertz CT molecular complexity index is 122. The van der Waals surface area contributed by atoms with Crippen molar-refractivity contribution in [1.82, 2.24) is 5.23 Å². The fourth-order valence-corrected chi connectivity index (χ4v) is 0.573. The van der Waals surface area contributed by atoms with Crippen LogP contribution in [0.4, 0.5) is 0 Å². The van der Waals surface area contributed by atoms with Crippen LogP contribution in [0.15, 0.2) is 4.99 Å². The van der Waals surface area contributed by atoms with Gasteiger partial charge in [0.15, 0.2) is 5.96 Å². The second kappa shape index (κ2) is 5.90. The molecule has 6 heteroatoms. The highest BCUT2D eigenvalue weighted by molar-refractivity contribution is 5.75. The van der Waals surface area contributed by atoms with Gasteiger partial charge in [-0.15, -0.1) is 0 Å². The SMILES string of the molecule is NC(N)=NCCCCN(O)O. The summed E-state index contributed by atoms with van der Waals surface area (Å²) in [5.41, 5.74) is 10.1. The molecule has 0 aromatic rings. The Hall–Kier alpha value is -0.850. The number of hydrogen-bond acceptors (Lipinski definition) is 4. The number of hydrogen-bond donors (Lipinski definition) is 4. The molecule has 0 unspecified atom stereocenters. The van der Waals surface area contributed by atoms with Crippen molar-refractivity contribution in [3.63, 3.8) is 0 Å². The molecule has 0 aliphatic rings. The third-order valence-corrected chi connectivity index (χ3v) is 1.06. The lowest BCUT2D eigenvalue weighted by Crippen LogP contribution is -2.23. The Morgan fingerprint density at radius 3 is 2.36 bits per heavy atom. The van der Waals surface area contributed by atoms with Crippen molar-refractivity contribution < 1.29 is 10.4 Å². The van der Waals surface area contributed by atoms with Crippen LogP contribution in [0.1, 0.15) is 12.8 Å². The molecule has 0 aliphatic carbocycles. The van der Waals surface area contributed by atoms with Gasteiger partial charge in [0.1, 0.15) is 0 Å². The summed E-state index contributed by atoms with van der Waals surface area (Å²) >= 11 is 0. The van der Waals surface area contributed by atoms with Crippen LogP contribution in [0.25, 0.3) is 0 Å². The summed E-state index contributed by atoms with van der Waals surface area (Å²) in [6.07, 6.45) is 1.37. The molecule has 0 rings (SSSR count). The van der Waals surface area contributed by atoms with Gasteiger partial charge in [-0.3, -0.25) is 15.4 Å². The molecule has 11 heavy (non-hydrogen) atoms. The van der Waals surface area contributed by atoms with E-state index in [1.54, 1.807) is 0 Å². The van der Waals surface area contributed by atoms with E-state index in [1.807, 2.05) is 0 Å². The van der Waals surface area contributed by atoms with E-state index in [2.05, 4.69) is 4.99 Å². The molecule has 0 fully saturated rings. The molecule has 0 spiro atoms. The lowest BCUT2D eigenvalue weighted by atomic mass is 10.3. The molecule has 0 aromatic carbocycles. The van der Waals surface area contributed by atoms with Gasteiger partial charge in [0.2, 0.25) is 0 Å². The number of hydroxylamine groups is 2. The maximum absolute atomic E-state index is 8.26. The number of nitrogens with two attached hydrogens (primary N) is 2. The number of guanidine groups is 1. The standard InChI is InChI=1S/C5H14N4O2/c6-5(7)8-3-1-2-4-9(10)11/h10-11H,1-4H2,(H4,6,7,8). The van der Waals surface area contributed by atoms with E-state index in [9.17, 15) is 0 Å². The highest BCUT2D eigenvalue weighted by atomic mass is 16.8. The van der Waals surface area contributed by atoms with Crippen molar-refractivity contribution >= 4 is 5.96 Å². The fraction of sp³-hybridized carbons (Fsp3) is 0.800. The summed E-state index contributed by atoms with van der Waals surface area (Å²) in [6.45, 7) is 0.732. The van der Waals surface area contributed by atoms with Gasteiger partial charge in [-0.2, -0.15) is 0 Å². The molecule has 0 aromatic heterocycles. The molecule has 66 valence electrons. The topological polar surface area (TPSA) is 108 Å². The average molecular weight is 162 g/mol. The summed E-state index contributed by atoms with van der Waals surface area (Å²) < 4.78 is 0. The predicted octanol–water partition coefficient (Wildman–Crippen LogP) is -0.880. The lowest BCUT2D eigenvalue weighted by molar-refractivity contribution is -0.306. The molecule has 0 heterocycles. The zero-order valence-electron chi connectivity index (χ0n) is 6.27. The Morgan fingerprint density at radius 2 is 1.91 bits per heavy atom. The number of rotatable bonds is 5. The van der Waals surface area contributed by atoms with Gasteiger partial charge in [-0.05, 0) is 12.8 Å². The zero-order valence-corrected chi connectivity index (χ0v) is 6.27. The van der Waals surface area contributed by atoms with Crippen LogP contribution in [0.5, 0.6) is 0 Å². The summed E-state index contributed by atoms with van der Waals surface area (Å²) in [4.78, 5) is 3.71. The molecule has 0 atom stereocenters. The van der Waals surface area contributed by atoms with Gasteiger partial charge in [0.05, 0.1) is 6.54 Å². The van der Waals surface area contributed by atoms with Gasteiger partial charge in [-0.1, -0.05) is 5.23 Å². The summed E-state index contributed by atoms with van der Waals surface area (Å²) in [7, 11) is 0. The largest absolute Gasteiger partial charge is 0.370 e. The maximum atomic E-state index is 8.26. The van der Waals surface area contributed by atoms with Crippen LogP contribution in [0.3, 0.4) is 0 Å². The number of unbranched alkanes of at least 4 members (excludes halogenated alkanes) is 1. The summed E-state index contributed by atoms with van der Waals surface area (Å²) in [5.74, 6) is 0.0647. The van der Waals surface area contributed by atoms with Crippen LogP contribution in [0.2, 0.25) is 0 Å². The molecule has 0 saturated carbocycles. The first-order valence-corrected chi connectivity index (χ1v) is 3.33. The summed E-state index contributed by atoms with van der Waals surface area (Å²) in [5, 5.41) is 16.7. The third kappa shape index (κ3) is 9.15. The smallest absolute Gasteiger partial charge is 0.185 e. The van der Waals surface area contributed by atoms with Crippen LogP contribution >= 0.6 is 0 Å². The van der Waals surface area contributed by atoms with Crippen LogP contribution in [-0.4, -0.2) is 34.7 Å². The Balaban J connectivity index is 3.09. The van der Waals surface area contributed by atoms with Gasteiger partial charge >= 0.3 is 0 Å². The molecule has 6 N–H and O–H groups in total. The van der Waals surface area contributed by atoms with Crippen molar-refractivity contribution in [3.05, 3.63) is 0 Å². The molecule has 0 radical (unpaired) electrons. The van der Waals surface area contributed by atoms with Crippen LogP contribution in [-0.2, 0) is 0 Å². The van der Waals surface area contributed by atoms with Crippen LogP contribution in [0, 0.1) is 0 Å². The highest BCUT2D eigenvalue weighted by Crippen LogP contribution is 1.90. The lowest BCUT2D eigenvalue weighted by Gasteiger charge is -2.03. The van der Waals surface area contributed by atoms with E-state index >= 15 is 0 Å². The van der Waals surface area contributed by atoms with E-state index < -0.39 is 0 Å². The normalized spacial score (nSPS) is 10.1. The first-order valence-electron chi connectivity index (χ1n) is 3.33. The van der Waals surface area contributed by atoms with Gasteiger partial charge in [0, 0.05) is 6.54 Å². The monoisotopic (exact) mass is 162 g/mol. The quantitative estimate of drug-likeness (QED) is 0.182. The maximum Gasteiger partial charge on any atom is 0.185 e. The van der Waals surface area contributed by atoms with Crippen molar-refractivity contribution in [3.8, 4) is 0 Å². The van der Waals surface area contributed by atoms with Crippen molar-refractivity contribution in [1.29, 1.82) is 0 Å². The van der Waals surface area contributed by atoms with E-state index in [1.165, 1.54) is 0 Å². The highest BCUT2D eigenvalue weighted by Gasteiger charge is 1.92. The van der Waals surface area contributed by atoms with Crippen molar-refractivity contribution in [2.45, 2.75) is 12.8 Å². The predicted molar refractivity (Wildman–Crippen MR) is 40.2 cm³/mol. The molecular formula is C5H14N4O2. The summed E-state index contributed by atoms with van der Waals surface area (Å²) in [6, 6.07) is 0. The molecule has 0 bridgehead atoms. The Labute approximate surface area is 65.0 Å². The molecular weight excluding hydrogens is 148 g/mol. The first-order chi connectivity index (χ1) is 5.13. The van der Waals surface area contributed by atoms with E-state index in [0.29, 0.717) is 13.0 Å². The second-order valence-corrected chi connectivity index (χ2v) is 2.11. The third-order valence-electron chi connectivity index (χ3n) is 1.06. The zero-order chi connectivity index (χ0) is 8.69. The van der Waals surface area contributed by atoms with Crippen LogP contribution < -0.4 is 11.5 Å². The first kappa shape index (κ1) is 10.2. The second-order valence-electron chi connectivity index (χ2n) is 2.11. The molecule has 0 saturated heterocycles. The number of nitrogens with zero attached hydrogens (tertiary/aromatic N) is 2. The molecule has 0 amide bonds. The Kier molecular flexibility index (Phi) is 5.44. The van der Waals surface area contributed by atoms with E-state index in [0.717, 1.165) is 6.42 Å². The molecule has 6 nitrogen and oxygen atoms in total. The van der Waals surface area contributed by atoms with Crippen molar-refractivity contribution in [2.75, 3.05) is 13.1 Å². The minimum atomic E-state index is 0.0647. The Morgan fingerprint density at radius 1 is 1.27 bits per heavy atom. The molecule has 0 aliphatic heterocycles. The average Bonchev–Trinajstić information content (AvgIpc) is 1.85.